The largest absolute Gasteiger partial charge is 0.368 e. The van der Waals surface area contributed by atoms with Gasteiger partial charge in [-0.3, -0.25) is 43.2 Å². The minimum Gasteiger partial charge on any atom is -0.368 e. The van der Waals surface area contributed by atoms with Crippen LogP contribution < -0.4 is 48.3 Å². The number of benzene rings is 2. The van der Waals surface area contributed by atoms with E-state index in [0.717, 1.165) is 16.5 Å². The minimum absolute atomic E-state index is 0.00215. The maximum atomic E-state index is 14.4. The predicted molar refractivity (Wildman–Crippen MR) is 303 cm³/mol. The molecule has 0 unspecified atom stereocenters. The topological polar surface area (TPSA) is 352 Å². The maximum Gasteiger partial charge on any atom is 0.243 e. The highest BCUT2D eigenvalue weighted by atomic mass is 32.2. The van der Waals surface area contributed by atoms with Gasteiger partial charge in [0, 0.05) is 72.7 Å². The number of nitrogens with one attached hydrogen (secondary N) is 11. The number of hydrogen-bond acceptors (Lipinski definition) is 13. The fourth-order valence-electron chi connectivity index (χ4n) is 9.07. The Morgan fingerprint density at radius 2 is 1.26 bits per heavy atom. The first-order valence-corrected chi connectivity index (χ1v) is 28.0. The van der Waals surface area contributed by atoms with Gasteiger partial charge in [-0.05, 0) is 74.3 Å². The van der Waals surface area contributed by atoms with Gasteiger partial charge in [-0.25, -0.2) is 9.97 Å². The summed E-state index contributed by atoms with van der Waals surface area (Å²) in [6, 6.07) is 8.48. The fourth-order valence-corrected chi connectivity index (χ4v) is 9.52. The summed E-state index contributed by atoms with van der Waals surface area (Å²) in [5.41, 5.74) is 9.12. The average molecular weight is 1120 g/mol. The van der Waals surface area contributed by atoms with Crippen molar-refractivity contribution in [1.82, 2.24) is 72.4 Å². The Kier molecular flexibility index (Phi) is 24.7. The van der Waals surface area contributed by atoms with Gasteiger partial charge in [0.05, 0.1) is 25.2 Å². The van der Waals surface area contributed by atoms with Crippen LogP contribution in [0.3, 0.4) is 0 Å². The molecule has 0 spiro atoms. The highest BCUT2D eigenvalue weighted by molar-refractivity contribution is 7.98. The van der Waals surface area contributed by atoms with E-state index in [9.17, 15) is 43.2 Å². The standard InChI is InChI=1S/C55H77N15O9S/c1-32(2)19-39(28-70(31-71)46(49(56)73)17-18-80-7)65-53(77)44(22-37-25-58-29-62-37)66-47(72)27-61-55(79)48(33(3)4)69-50(74)34(5)64-52(76)43(21-36-24-60-41-16-12-11-15-40(36)41)67-54(78)45(23-38-26-59-30-63-38)68-51(75)42(57-6)20-35-13-9-8-10-14-35/h8-16,24-26,29-34,39,42-46,48,57,60H,17-23,27-28H2,1-7H3,(H2,56,73)(H,58,62)(H,59,63)(H,61,79)(H,64,76)(H,65,77)(H,66,72)(H,67,78)(H,68,75)(H,69,74)/t34-,39-,42+,43-,44-,45-,46-,48-/m0/s1. The first kappa shape index (κ1) is 62.8. The normalized spacial score (nSPS) is 14.3. The monoisotopic (exact) mass is 1120 g/mol. The molecule has 0 saturated heterocycles. The van der Waals surface area contributed by atoms with Crippen molar-refractivity contribution < 1.29 is 43.2 Å². The van der Waals surface area contributed by atoms with Crippen LogP contribution in [-0.4, -0.2) is 164 Å². The van der Waals surface area contributed by atoms with E-state index >= 15 is 0 Å². The first-order valence-electron chi connectivity index (χ1n) is 26.6. The molecule has 5 aromatic rings. The lowest BCUT2D eigenvalue weighted by molar-refractivity contribution is -0.135. The Labute approximate surface area is 469 Å². The summed E-state index contributed by atoms with van der Waals surface area (Å²) in [5, 5.41) is 23.1. The highest BCUT2D eigenvalue weighted by Gasteiger charge is 2.34. The van der Waals surface area contributed by atoms with Gasteiger partial charge in [0.15, 0.2) is 0 Å². The minimum atomic E-state index is -1.28. The van der Waals surface area contributed by atoms with Crippen LogP contribution in [0.2, 0.25) is 0 Å². The van der Waals surface area contributed by atoms with Gasteiger partial charge < -0.3 is 68.1 Å². The molecule has 0 radical (unpaired) electrons. The van der Waals surface area contributed by atoms with E-state index in [0.29, 0.717) is 48.4 Å². The number of primary amides is 1. The number of H-pyrrole nitrogens is 3. The van der Waals surface area contributed by atoms with Crippen LogP contribution in [0.25, 0.3) is 10.9 Å². The van der Waals surface area contributed by atoms with Gasteiger partial charge in [-0.15, -0.1) is 0 Å². The number of carbonyl (C=O) groups is 9. The van der Waals surface area contributed by atoms with E-state index in [-0.39, 0.29) is 31.7 Å². The zero-order valence-corrected chi connectivity index (χ0v) is 47.1. The number of fused-ring (bicyclic) bond motifs is 1. The second kappa shape index (κ2) is 31.5. The molecule has 0 aliphatic carbocycles. The number of aromatic amines is 3. The maximum absolute atomic E-state index is 14.4. The molecular formula is C55H77N15O9S. The molecule has 25 heteroatoms. The molecule has 80 heavy (non-hydrogen) atoms. The molecule has 24 nitrogen and oxygen atoms in total. The fraction of sp³-hybridized carbons (Fsp3) is 0.473. The number of carbonyl (C=O) groups excluding carboxylic acids is 9. The second-order valence-corrected chi connectivity index (χ2v) is 21.4. The Hall–Kier alpha value is -8.06. The van der Waals surface area contributed by atoms with Crippen molar-refractivity contribution in [2.75, 3.05) is 32.1 Å². The average Bonchev–Trinajstić information content (AvgIpc) is 4.24. The van der Waals surface area contributed by atoms with Crippen molar-refractivity contribution in [3.05, 3.63) is 108 Å². The SMILES string of the molecule is CN[C@H](Cc1ccccc1)C(=O)N[C@@H](Cc1cnc[nH]1)C(=O)N[C@@H](Cc1c[nH]c2ccccc12)C(=O)N[C@@H](C)C(=O)N[C@H](C(=O)NCC(=O)N[C@@H](Cc1cnc[nH]1)C(=O)N[C@@H](CC(C)C)CN(C=O)[C@@H](CCSC)C(N)=O)C(C)C. The molecule has 0 fully saturated rings. The number of thioether (sulfide) groups is 1. The van der Waals surface area contributed by atoms with E-state index < -0.39 is 108 Å². The van der Waals surface area contributed by atoms with Crippen molar-refractivity contribution in [3.63, 3.8) is 0 Å². The van der Waals surface area contributed by atoms with Crippen molar-refractivity contribution in [2.45, 2.75) is 121 Å². The quantitative estimate of drug-likeness (QED) is 0.0247. The zero-order valence-electron chi connectivity index (χ0n) is 46.3. The lowest BCUT2D eigenvalue weighted by Crippen LogP contribution is -2.60. The molecule has 0 aliphatic rings. The number of imidazole rings is 2. The van der Waals surface area contributed by atoms with E-state index in [1.54, 1.807) is 27.1 Å². The molecule has 2 aromatic carbocycles. The number of likely N-dealkylation sites (N-methyl/N-ethyl adjacent to an activating group) is 1. The van der Waals surface area contributed by atoms with Crippen molar-refractivity contribution >= 4 is 76.3 Å². The highest BCUT2D eigenvalue weighted by Crippen LogP contribution is 2.20. The molecule has 0 saturated carbocycles. The Morgan fingerprint density at radius 1 is 0.675 bits per heavy atom. The Bertz CT molecular complexity index is 2810. The van der Waals surface area contributed by atoms with E-state index in [4.69, 9.17) is 5.73 Å². The van der Waals surface area contributed by atoms with Crippen LogP contribution in [0.4, 0.5) is 0 Å². The number of hydrogen-bond donors (Lipinski definition) is 12. The van der Waals surface area contributed by atoms with Gasteiger partial charge in [0.1, 0.15) is 36.3 Å². The van der Waals surface area contributed by atoms with Crippen LogP contribution in [0.1, 0.15) is 70.0 Å². The number of para-hydroxylation sites is 1. The third-order valence-corrected chi connectivity index (χ3v) is 14.0. The number of amides is 9. The third kappa shape index (κ3) is 19.4. The summed E-state index contributed by atoms with van der Waals surface area (Å²) in [6.45, 7) is 8.03. The van der Waals surface area contributed by atoms with Gasteiger partial charge in [0.2, 0.25) is 53.7 Å². The summed E-state index contributed by atoms with van der Waals surface area (Å²) < 4.78 is 0. The zero-order chi connectivity index (χ0) is 58.3. The summed E-state index contributed by atoms with van der Waals surface area (Å²) in [6.07, 6.45) is 11.0. The Balaban J connectivity index is 1.26. The molecule has 9 amide bonds. The van der Waals surface area contributed by atoms with E-state index in [1.807, 2.05) is 74.7 Å². The van der Waals surface area contributed by atoms with E-state index in [1.165, 1.54) is 48.6 Å². The molecule has 3 aromatic heterocycles. The number of nitrogens with two attached hydrogens (primary N) is 1. The summed E-state index contributed by atoms with van der Waals surface area (Å²) >= 11 is 1.50. The number of rotatable bonds is 34. The third-order valence-electron chi connectivity index (χ3n) is 13.3. The lowest BCUT2D eigenvalue weighted by atomic mass is 10.0. The van der Waals surface area contributed by atoms with Gasteiger partial charge in [-0.2, -0.15) is 11.8 Å². The van der Waals surface area contributed by atoms with Crippen LogP contribution in [-0.2, 0) is 68.8 Å². The predicted octanol–water partition coefficient (Wildman–Crippen LogP) is 0.285. The van der Waals surface area contributed by atoms with Crippen LogP contribution in [0.15, 0.2) is 85.8 Å². The molecule has 3 heterocycles. The van der Waals surface area contributed by atoms with Crippen LogP contribution >= 0.6 is 11.8 Å². The summed E-state index contributed by atoms with van der Waals surface area (Å²) in [4.78, 5) is 141. The molecule has 13 N–H and O–H groups in total. The van der Waals surface area contributed by atoms with Crippen molar-refractivity contribution in [2.24, 2.45) is 17.6 Å². The van der Waals surface area contributed by atoms with Crippen LogP contribution in [0.5, 0.6) is 0 Å². The number of nitrogens with zero attached hydrogens (tertiary/aromatic N) is 3. The number of aromatic nitrogens is 5. The molecule has 0 aliphatic heterocycles. The van der Waals surface area contributed by atoms with E-state index in [2.05, 4.69) is 67.5 Å². The summed E-state index contributed by atoms with van der Waals surface area (Å²) in [7, 11) is 1.65. The molecule has 8 atom stereocenters. The molecule has 5 rings (SSSR count). The molecular weight excluding hydrogens is 1050 g/mol. The second-order valence-electron chi connectivity index (χ2n) is 20.4. The van der Waals surface area contributed by atoms with Gasteiger partial charge >= 0.3 is 0 Å². The lowest BCUT2D eigenvalue weighted by Gasteiger charge is -2.32. The first-order chi connectivity index (χ1) is 38.3. The molecule has 0 bridgehead atoms. The molecule has 432 valence electrons. The summed E-state index contributed by atoms with van der Waals surface area (Å²) in [5.74, 6) is -5.25. The smallest absolute Gasteiger partial charge is 0.243 e. The Morgan fingerprint density at radius 3 is 1.84 bits per heavy atom. The van der Waals surface area contributed by atoms with Gasteiger partial charge in [-0.1, -0.05) is 76.2 Å². The van der Waals surface area contributed by atoms with Crippen molar-refractivity contribution in [3.8, 4) is 0 Å². The van der Waals surface area contributed by atoms with Crippen LogP contribution in [0, 0.1) is 11.8 Å². The van der Waals surface area contributed by atoms with Crippen molar-refractivity contribution in [1.29, 1.82) is 0 Å². The van der Waals surface area contributed by atoms with Gasteiger partial charge in [0.25, 0.3) is 0 Å².